The smallest absolute Gasteiger partial charge is 0.417 e. The number of alkyl halides is 3. The zero-order valence-electron chi connectivity index (χ0n) is 25.8. The first-order chi connectivity index (χ1) is 21.7. The Balaban J connectivity index is 0.00000196. The lowest BCUT2D eigenvalue weighted by molar-refractivity contribution is -0.138. The second kappa shape index (κ2) is 12.7. The zero-order chi connectivity index (χ0) is 32.5. The molecule has 0 bridgehead atoms. The predicted octanol–water partition coefficient (Wildman–Crippen LogP) is 8.07. The molecule has 45 heavy (non-hydrogen) atoms. The number of nitrogens with one attached hydrogen (secondary N) is 1. The molecule has 0 saturated heterocycles. The van der Waals surface area contributed by atoms with Gasteiger partial charge in [0.15, 0.2) is 11.6 Å². The van der Waals surface area contributed by atoms with Gasteiger partial charge in [0.05, 0.1) is 40.8 Å². The van der Waals surface area contributed by atoms with E-state index in [0.29, 0.717) is 36.3 Å². The SMILES string of the molecule is CC.CCc1cccc(CC)c1-n1nc2c(c1-c1ccc(C(=O)OC)c3[nH]ccc13)CN(c1ncc(C(F)(F)F)cc1F)CC2. The highest BCUT2D eigenvalue weighted by atomic mass is 19.4. The average molecular weight is 622 g/mol. The molecule has 1 aliphatic rings. The molecule has 0 atom stereocenters. The van der Waals surface area contributed by atoms with Crippen LogP contribution in [0, 0.1) is 5.82 Å². The van der Waals surface area contributed by atoms with Gasteiger partial charge in [-0.2, -0.15) is 18.3 Å². The molecular formula is C34H35F4N5O2. The number of esters is 1. The molecule has 0 spiro atoms. The number of aryl methyl sites for hydroxylation is 2. The van der Waals surface area contributed by atoms with Gasteiger partial charge in [-0.05, 0) is 42.2 Å². The van der Waals surface area contributed by atoms with Gasteiger partial charge in [-0.15, -0.1) is 0 Å². The number of ether oxygens (including phenoxy) is 1. The van der Waals surface area contributed by atoms with E-state index in [0.717, 1.165) is 57.6 Å². The van der Waals surface area contributed by atoms with E-state index in [-0.39, 0.29) is 12.4 Å². The molecule has 1 N–H and O–H groups in total. The maximum Gasteiger partial charge on any atom is 0.417 e. The molecule has 0 fully saturated rings. The van der Waals surface area contributed by atoms with Gasteiger partial charge >= 0.3 is 12.1 Å². The summed E-state index contributed by atoms with van der Waals surface area (Å²) >= 11 is 0. The molecule has 0 unspecified atom stereocenters. The molecule has 6 rings (SSSR count). The van der Waals surface area contributed by atoms with Crippen LogP contribution in [-0.2, 0) is 36.7 Å². The number of methoxy groups -OCH3 is 1. The average Bonchev–Trinajstić information content (AvgIpc) is 3.69. The summed E-state index contributed by atoms with van der Waals surface area (Å²) in [5, 5.41) is 5.87. The number of aromatic amines is 1. The van der Waals surface area contributed by atoms with E-state index in [2.05, 4.69) is 35.9 Å². The molecule has 0 aliphatic carbocycles. The van der Waals surface area contributed by atoms with E-state index < -0.39 is 23.5 Å². The summed E-state index contributed by atoms with van der Waals surface area (Å²) < 4.78 is 61.6. The monoisotopic (exact) mass is 621 g/mol. The molecule has 0 amide bonds. The van der Waals surface area contributed by atoms with Crippen LogP contribution in [0.3, 0.4) is 0 Å². The number of fused-ring (bicyclic) bond motifs is 2. The molecule has 0 radical (unpaired) electrons. The van der Waals surface area contributed by atoms with Crippen LogP contribution in [0.15, 0.2) is 54.9 Å². The number of carbonyl (C=O) groups is 1. The van der Waals surface area contributed by atoms with Crippen LogP contribution in [-0.4, -0.2) is 39.4 Å². The molecule has 2 aromatic carbocycles. The van der Waals surface area contributed by atoms with Crippen molar-refractivity contribution < 1.29 is 27.1 Å². The molecule has 7 nitrogen and oxygen atoms in total. The van der Waals surface area contributed by atoms with Gasteiger partial charge in [0, 0.05) is 48.4 Å². The molecule has 1 aliphatic heterocycles. The van der Waals surface area contributed by atoms with Crippen molar-refractivity contribution in [1.82, 2.24) is 19.7 Å². The number of aromatic nitrogens is 4. The zero-order valence-corrected chi connectivity index (χ0v) is 25.8. The van der Waals surface area contributed by atoms with Crippen molar-refractivity contribution in [2.24, 2.45) is 0 Å². The number of anilines is 1. The molecule has 3 aromatic heterocycles. The Bertz CT molecular complexity index is 1840. The number of nitrogens with zero attached hydrogens (tertiary/aromatic N) is 4. The predicted molar refractivity (Wildman–Crippen MR) is 166 cm³/mol. The van der Waals surface area contributed by atoms with Gasteiger partial charge in [-0.25, -0.2) is 18.9 Å². The Kier molecular flexibility index (Phi) is 8.99. The lowest BCUT2D eigenvalue weighted by Gasteiger charge is -2.28. The van der Waals surface area contributed by atoms with E-state index >= 15 is 4.39 Å². The Labute approximate surface area is 258 Å². The summed E-state index contributed by atoms with van der Waals surface area (Å²) in [5.41, 5.74) is 6.21. The minimum absolute atomic E-state index is 0.145. The minimum Gasteiger partial charge on any atom is -0.465 e. The topological polar surface area (TPSA) is 76.0 Å². The number of hydrogen-bond acceptors (Lipinski definition) is 5. The number of hydrogen-bond donors (Lipinski definition) is 1. The van der Waals surface area contributed by atoms with E-state index in [1.807, 2.05) is 36.7 Å². The van der Waals surface area contributed by atoms with Gasteiger partial charge in [0.1, 0.15) is 0 Å². The van der Waals surface area contributed by atoms with E-state index in [1.165, 1.54) is 7.11 Å². The molecular weight excluding hydrogens is 586 g/mol. The highest BCUT2D eigenvalue weighted by Crippen LogP contribution is 2.40. The minimum atomic E-state index is -4.70. The standard InChI is InChI=1S/C32H29F4N5O2.C2H6/c1-4-18-7-6-8-19(5-2)28(18)41-29(22-9-10-23(31(42)43-3)27-21(22)11-13-37-27)24-17-40(14-12-26(24)39-41)30-25(33)15-20(16-38-30)32(34,35)36;1-2/h6-11,13,15-16,37H,4-5,12,14,17H2,1-3H3;1-2H3. The quantitative estimate of drug-likeness (QED) is 0.153. The first-order valence-corrected chi connectivity index (χ1v) is 15.0. The molecule has 4 heterocycles. The van der Waals surface area contributed by atoms with E-state index in [4.69, 9.17) is 9.84 Å². The van der Waals surface area contributed by atoms with E-state index in [1.54, 1.807) is 17.2 Å². The highest BCUT2D eigenvalue weighted by molar-refractivity contribution is 6.08. The Hall–Kier alpha value is -4.67. The van der Waals surface area contributed by atoms with Crippen LogP contribution in [0.4, 0.5) is 23.4 Å². The second-order valence-corrected chi connectivity index (χ2v) is 10.4. The van der Waals surface area contributed by atoms with Crippen molar-refractivity contribution >= 4 is 22.7 Å². The van der Waals surface area contributed by atoms with Crippen molar-refractivity contribution in [2.75, 3.05) is 18.6 Å². The van der Waals surface area contributed by atoms with Crippen LogP contribution in [0.1, 0.15) is 66.0 Å². The summed E-state index contributed by atoms with van der Waals surface area (Å²) in [6.07, 6.45) is -0.319. The van der Waals surface area contributed by atoms with Crippen LogP contribution >= 0.6 is 0 Å². The van der Waals surface area contributed by atoms with Gasteiger partial charge in [-0.1, -0.05) is 52.0 Å². The molecule has 11 heteroatoms. The van der Waals surface area contributed by atoms with Crippen LogP contribution in [0.5, 0.6) is 0 Å². The third-order valence-electron chi connectivity index (χ3n) is 8.04. The van der Waals surface area contributed by atoms with Crippen molar-refractivity contribution in [2.45, 2.75) is 59.7 Å². The van der Waals surface area contributed by atoms with Crippen LogP contribution in [0.2, 0.25) is 0 Å². The Morgan fingerprint density at radius 3 is 2.40 bits per heavy atom. The number of benzene rings is 2. The van der Waals surface area contributed by atoms with Gasteiger partial charge in [0.25, 0.3) is 0 Å². The lowest BCUT2D eigenvalue weighted by atomic mass is 9.96. The van der Waals surface area contributed by atoms with Gasteiger partial charge < -0.3 is 14.6 Å². The van der Waals surface area contributed by atoms with Crippen molar-refractivity contribution in [3.63, 3.8) is 0 Å². The summed E-state index contributed by atoms with van der Waals surface area (Å²) in [4.78, 5) is 21.2. The molecule has 5 aromatic rings. The number of rotatable bonds is 6. The largest absolute Gasteiger partial charge is 0.465 e. The fourth-order valence-electron chi connectivity index (χ4n) is 5.94. The summed E-state index contributed by atoms with van der Waals surface area (Å²) in [6.45, 7) is 8.67. The highest BCUT2D eigenvalue weighted by Gasteiger charge is 2.34. The molecule has 0 saturated carbocycles. The van der Waals surface area contributed by atoms with Gasteiger partial charge in [-0.3, -0.25) is 0 Å². The number of pyridine rings is 1. The number of halogens is 4. The van der Waals surface area contributed by atoms with Crippen molar-refractivity contribution in [3.8, 4) is 16.9 Å². The van der Waals surface area contributed by atoms with E-state index in [9.17, 15) is 18.0 Å². The Morgan fingerprint density at radius 2 is 1.78 bits per heavy atom. The van der Waals surface area contributed by atoms with Crippen molar-refractivity contribution in [1.29, 1.82) is 0 Å². The maximum absolute atomic E-state index is 15.1. The first-order valence-electron chi connectivity index (χ1n) is 15.0. The third-order valence-corrected chi connectivity index (χ3v) is 8.04. The summed E-state index contributed by atoms with van der Waals surface area (Å²) in [7, 11) is 1.33. The third kappa shape index (κ3) is 5.67. The summed E-state index contributed by atoms with van der Waals surface area (Å²) in [6, 6.07) is 12.1. The van der Waals surface area contributed by atoms with Crippen LogP contribution in [0.25, 0.3) is 27.8 Å². The fraction of sp³-hybridized carbons (Fsp3) is 0.324. The number of carbonyl (C=O) groups excluding carboxylic acids is 1. The first kappa shape index (κ1) is 31.7. The van der Waals surface area contributed by atoms with Gasteiger partial charge in [0.2, 0.25) is 0 Å². The number of H-pyrrole nitrogens is 1. The number of para-hydroxylation sites is 1. The fourth-order valence-corrected chi connectivity index (χ4v) is 5.94. The Morgan fingerprint density at radius 1 is 1.07 bits per heavy atom. The maximum atomic E-state index is 15.1. The lowest BCUT2D eigenvalue weighted by Crippen LogP contribution is -2.32. The van der Waals surface area contributed by atoms with Crippen LogP contribution < -0.4 is 4.90 Å². The second-order valence-electron chi connectivity index (χ2n) is 10.4. The summed E-state index contributed by atoms with van der Waals surface area (Å²) in [5.74, 6) is -1.66. The van der Waals surface area contributed by atoms with Crippen molar-refractivity contribution in [3.05, 3.63) is 94.2 Å². The molecule has 236 valence electrons. The normalized spacial score (nSPS) is 13.0.